The van der Waals surface area contributed by atoms with Crippen LogP contribution in [-0.4, -0.2) is 38.4 Å². The Balaban J connectivity index is 1.85. The molecule has 1 amide bonds. The zero-order chi connectivity index (χ0) is 23.4. The lowest BCUT2D eigenvalue weighted by Gasteiger charge is -2.32. The summed E-state index contributed by atoms with van der Waals surface area (Å²) in [6.45, 7) is 2.98. The van der Waals surface area contributed by atoms with Crippen molar-refractivity contribution in [3.8, 4) is 0 Å². The number of rotatable bonds is 8. The van der Waals surface area contributed by atoms with Gasteiger partial charge in [0.15, 0.2) is 0 Å². The first kappa shape index (κ1) is 23.1. The average Bonchev–Trinajstić information content (AvgIpc) is 3.22. The van der Waals surface area contributed by atoms with Gasteiger partial charge in [0.05, 0.1) is 23.7 Å². The Morgan fingerprint density at radius 1 is 1.24 bits per heavy atom. The zero-order valence-electron chi connectivity index (χ0n) is 18.7. The van der Waals surface area contributed by atoms with Crippen molar-refractivity contribution in [3.05, 3.63) is 93.4 Å². The number of carbonyl (C=O) groups excluding carboxylic acids is 1. The highest BCUT2D eigenvalue weighted by atomic mass is 35.5. The van der Waals surface area contributed by atoms with Crippen LogP contribution in [0.4, 0.5) is 0 Å². The van der Waals surface area contributed by atoms with E-state index < -0.39 is 6.04 Å². The minimum Gasteiger partial charge on any atom is -0.329 e. The molecule has 0 bridgehead atoms. The van der Waals surface area contributed by atoms with Crippen molar-refractivity contribution in [2.45, 2.75) is 44.1 Å². The molecule has 2 unspecified atom stereocenters. The lowest BCUT2D eigenvalue weighted by molar-refractivity contribution is 0.0663. The topological polar surface area (TPSA) is 94.1 Å². The number of alkyl halides is 1. The normalized spacial score (nSPS) is 15.8. The van der Waals surface area contributed by atoms with E-state index in [1.165, 1.54) is 0 Å². The Kier molecular flexibility index (Phi) is 7.20. The molecule has 2 N–H and O–H groups in total. The van der Waals surface area contributed by atoms with Crippen LogP contribution in [0.3, 0.4) is 0 Å². The van der Waals surface area contributed by atoms with E-state index in [4.69, 9.17) is 22.3 Å². The van der Waals surface area contributed by atoms with E-state index in [0.717, 1.165) is 5.56 Å². The molecule has 8 heteroatoms. The number of nitrogens with two attached hydrogens (primary N) is 1. The van der Waals surface area contributed by atoms with Crippen molar-refractivity contribution in [2.75, 3.05) is 13.1 Å². The molecule has 1 aliphatic carbocycles. The number of hydrogen-bond donors (Lipinski definition) is 1. The first-order valence-electron chi connectivity index (χ1n) is 11.3. The van der Waals surface area contributed by atoms with Crippen LogP contribution in [0.25, 0.3) is 0 Å². The Bertz CT molecular complexity index is 1170. The minimum absolute atomic E-state index is 0.0792. The summed E-state index contributed by atoms with van der Waals surface area (Å²) in [4.78, 5) is 37.7. The van der Waals surface area contributed by atoms with E-state index in [1.54, 1.807) is 34.0 Å². The number of fused-ring (bicyclic) bond motifs is 1. The first-order chi connectivity index (χ1) is 16.0. The van der Waals surface area contributed by atoms with Gasteiger partial charge in [0.25, 0.3) is 11.5 Å². The number of amides is 1. The molecule has 0 saturated carbocycles. The van der Waals surface area contributed by atoms with Crippen LogP contribution in [0.2, 0.25) is 0 Å². The van der Waals surface area contributed by atoms with Crippen LogP contribution in [0.5, 0.6) is 0 Å². The van der Waals surface area contributed by atoms with Gasteiger partial charge in [-0.3, -0.25) is 19.1 Å². The van der Waals surface area contributed by atoms with Crippen molar-refractivity contribution >= 4 is 17.5 Å². The molecule has 1 aliphatic rings. The number of hydrogen-bond acceptors (Lipinski definition) is 5. The summed E-state index contributed by atoms with van der Waals surface area (Å²) in [7, 11) is 0. The minimum atomic E-state index is -0.430. The molecule has 33 heavy (non-hydrogen) atoms. The molecule has 0 fully saturated rings. The van der Waals surface area contributed by atoms with Gasteiger partial charge < -0.3 is 10.6 Å². The van der Waals surface area contributed by atoms with E-state index in [0.29, 0.717) is 61.5 Å². The van der Waals surface area contributed by atoms with Gasteiger partial charge in [0.2, 0.25) is 0 Å². The molecule has 0 aliphatic heterocycles. The highest BCUT2D eigenvalue weighted by Crippen LogP contribution is 2.35. The van der Waals surface area contributed by atoms with Crippen molar-refractivity contribution < 1.29 is 4.79 Å². The first-order valence-corrected chi connectivity index (χ1v) is 11.7. The maximum absolute atomic E-state index is 13.6. The van der Waals surface area contributed by atoms with Gasteiger partial charge in [-0.15, -0.1) is 11.6 Å². The molecule has 172 valence electrons. The Morgan fingerprint density at radius 2 is 1.97 bits per heavy atom. The molecule has 2 aromatic heterocycles. The quantitative estimate of drug-likeness (QED) is 0.514. The van der Waals surface area contributed by atoms with Gasteiger partial charge in [-0.1, -0.05) is 37.3 Å². The fourth-order valence-corrected chi connectivity index (χ4v) is 4.73. The number of benzene rings is 1. The highest BCUT2D eigenvalue weighted by molar-refractivity contribution is 6.21. The lowest BCUT2D eigenvalue weighted by Crippen LogP contribution is -2.42. The SMILES string of the molecule is CCC(c1nc2c(c(=O)n1Cc1ccccc1)CCC2Cl)N(CCN)C(=O)c1ccncc1. The maximum atomic E-state index is 13.6. The summed E-state index contributed by atoms with van der Waals surface area (Å²) in [6, 6.07) is 12.7. The number of carbonyl (C=O) groups is 1. The van der Waals surface area contributed by atoms with E-state index in [9.17, 15) is 9.59 Å². The molecule has 0 saturated heterocycles. The highest BCUT2D eigenvalue weighted by Gasteiger charge is 2.33. The third-order valence-corrected chi connectivity index (χ3v) is 6.50. The summed E-state index contributed by atoms with van der Waals surface area (Å²) >= 11 is 6.53. The second-order valence-corrected chi connectivity index (χ2v) is 8.69. The third kappa shape index (κ3) is 4.70. The van der Waals surface area contributed by atoms with Gasteiger partial charge in [-0.2, -0.15) is 0 Å². The number of pyridine rings is 1. The second kappa shape index (κ2) is 10.3. The summed E-state index contributed by atoms with van der Waals surface area (Å²) < 4.78 is 1.71. The average molecular weight is 466 g/mol. The van der Waals surface area contributed by atoms with Crippen molar-refractivity contribution in [1.29, 1.82) is 0 Å². The molecule has 4 rings (SSSR count). The van der Waals surface area contributed by atoms with Gasteiger partial charge >= 0.3 is 0 Å². The van der Waals surface area contributed by atoms with Crippen LogP contribution in [0, 0.1) is 0 Å². The molecule has 3 aromatic rings. The van der Waals surface area contributed by atoms with E-state index in [2.05, 4.69) is 4.98 Å². The Hall–Kier alpha value is -3.03. The van der Waals surface area contributed by atoms with Crippen LogP contribution >= 0.6 is 11.6 Å². The summed E-state index contributed by atoms with van der Waals surface area (Å²) in [5.41, 5.74) is 8.65. The summed E-state index contributed by atoms with van der Waals surface area (Å²) in [5.74, 6) is 0.381. The van der Waals surface area contributed by atoms with Crippen molar-refractivity contribution in [2.24, 2.45) is 5.73 Å². The monoisotopic (exact) mass is 465 g/mol. The fourth-order valence-electron chi connectivity index (χ4n) is 4.44. The van der Waals surface area contributed by atoms with Crippen LogP contribution in [-0.2, 0) is 13.0 Å². The van der Waals surface area contributed by atoms with Crippen LogP contribution in [0.15, 0.2) is 59.7 Å². The maximum Gasteiger partial charge on any atom is 0.257 e. The van der Waals surface area contributed by atoms with Crippen molar-refractivity contribution in [3.63, 3.8) is 0 Å². The molecular formula is C25H28ClN5O2. The van der Waals surface area contributed by atoms with Gasteiger partial charge in [0.1, 0.15) is 5.82 Å². The van der Waals surface area contributed by atoms with Gasteiger partial charge in [-0.25, -0.2) is 4.98 Å². The van der Waals surface area contributed by atoms with Crippen LogP contribution in [0.1, 0.15) is 64.2 Å². The Morgan fingerprint density at radius 3 is 2.64 bits per heavy atom. The number of halogens is 1. The van der Waals surface area contributed by atoms with Crippen molar-refractivity contribution in [1.82, 2.24) is 19.4 Å². The summed E-state index contributed by atoms with van der Waals surface area (Å²) in [5, 5.41) is -0.297. The fraction of sp³-hybridized carbons (Fsp3) is 0.360. The number of nitrogens with zero attached hydrogens (tertiary/aromatic N) is 4. The van der Waals surface area contributed by atoms with Crippen LogP contribution < -0.4 is 11.3 Å². The van der Waals surface area contributed by atoms with E-state index >= 15 is 0 Å². The molecule has 1 aromatic carbocycles. The van der Waals surface area contributed by atoms with E-state index in [1.807, 2.05) is 37.3 Å². The molecule has 2 atom stereocenters. The number of aromatic nitrogens is 3. The predicted molar refractivity (Wildman–Crippen MR) is 128 cm³/mol. The second-order valence-electron chi connectivity index (χ2n) is 8.16. The molecular weight excluding hydrogens is 438 g/mol. The third-order valence-electron chi connectivity index (χ3n) is 6.07. The molecule has 0 spiro atoms. The predicted octanol–water partition coefficient (Wildman–Crippen LogP) is 3.46. The molecule has 2 heterocycles. The van der Waals surface area contributed by atoms with E-state index in [-0.39, 0.29) is 16.8 Å². The smallest absolute Gasteiger partial charge is 0.257 e. The summed E-state index contributed by atoms with van der Waals surface area (Å²) in [6.07, 6.45) is 5.05. The van der Waals surface area contributed by atoms with Gasteiger partial charge in [-0.05, 0) is 37.0 Å². The zero-order valence-corrected chi connectivity index (χ0v) is 19.4. The largest absolute Gasteiger partial charge is 0.329 e. The Labute approximate surface area is 198 Å². The standard InChI is InChI=1S/C25H28ClN5O2/c1-2-21(30(15-12-27)24(32)18-10-13-28-14-11-18)23-29-22-19(8-9-20(22)26)25(33)31(23)16-17-6-4-3-5-7-17/h3-7,10-11,13-14,20-21H,2,8-9,12,15-16,27H2,1H3. The van der Waals surface area contributed by atoms with Gasteiger partial charge in [0, 0.05) is 36.6 Å². The molecule has 7 nitrogen and oxygen atoms in total. The lowest BCUT2D eigenvalue weighted by atomic mass is 10.1. The molecule has 0 radical (unpaired) electrons.